The van der Waals surface area contributed by atoms with Gasteiger partial charge in [-0.15, -0.1) is 11.3 Å². The largest absolute Gasteiger partial charge is 0.336 e. The number of hydrogen-bond acceptors (Lipinski definition) is 6. The van der Waals surface area contributed by atoms with Gasteiger partial charge in [0.25, 0.3) is 0 Å². The number of rotatable bonds is 5. The van der Waals surface area contributed by atoms with Crippen molar-refractivity contribution in [1.29, 1.82) is 0 Å². The molecule has 0 amide bonds. The molecule has 3 aromatic carbocycles. The maximum absolute atomic E-state index is 5.00. The molecular formula is C24H18IN5S. The number of anilines is 1. The number of aromatic nitrogens is 1. The van der Waals surface area contributed by atoms with Crippen molar-refractivity contribution in [3.8, 4) is 0 Å². The first kappa shape index (κ1) is 19.9. The van der Waals surface area contributed by atoms with Crippen LogP contribution < -0.4 is 5.32 Å². The van der Waals surface area contributed by atoms with Gasteiger partial charge in [0.15, 0.2) is 17.1 Å². The van der Waals surface area contributed by atoms with Gasteiger partial charge in [-0.25, -0.2) is 15.0 Å². The minimum atomic E-state index is -0.247. The molecule has 0 radical (unpaired) electrons. The predicted octanol–water partition coefficient (Wildman–Crippen LogP) is 6.29. The standard InChI is InChI=1S/C24H18IN5S/c25-19-11-12-21-20(15-19)23(29-24-26-13-14-31-24)30(27-16-17-7-3-1-4-8-17)22(28-21)18-9-5-2-6-10-18/h1-16,23H,(H,26,29)/b27-16+. The zero-order chi connectivity index (χ0) is 21.0. The molecule has 0 bridgehead atoms. The fraction of sp³-hybridized carbons (Fsp3) is 0.0417. The van der Waals surface area contributed by atoms with Crippen molar-refractivity contribution in [2.24, 2.45) is 10.1 Å². The number of hydrazone groups is 1. The molecule has 2 heterocycles. The second-order valence-corrected chi connectivity index (χ2v) is 9.03. The van der Waals surface area contributed by atoms with Crippen molar-refractivity contribution in [3.05, 3.63) is 111 Å². The van der Waals surface area contributed by atoms with Gasteiger partial charge < -0.3 is 5.32 Å². The highest BCUT2D eigenvalue weighted by atomic mass is 127. The maximum atomic E-state index is 5.00. The molecule has 1 aromatic heterocycles. The number of nitrogens with zero attached hydrogens (tertiary/aromatic N) is 4. The van der Waals surface area contributed by atoms with Gasteiger partial charge >= 0.3 is 0 Å². The molecule has 152 valence electrons. The van der Waals surface area contributed by atoms with E-state index in [2.05, 4.69) is 63.2 Å². The van der Waals surface area contributed by atoms with E-state index in [0.717, 1.165) is 36.9 Å². The SMILES string of the molecule is Ic1ccc2c(c1)C(Nc1nccs1)N(/N=C/c1ccccc1)C(c1ccccc1)=N2. The Balaban J connectivity index is 1.65. The second-order valence-electron chi connectivity index (χ2n) is 6.89. The van der Waals surface area contributed by atoms with E-state index in [0.29, 0.717) is 0 Å². The molecule has 1 atom stereocenters. The molecule has 4 aromatic rings. The molecule has 1 aliphatic rings. The summed E-state index contributed by atoms with van der Waals surface area (Å²) in [6.45, 7) is 0. The molecule has 5 nitrogen and oxygen atoms in total. The fourth-order valence-corrected chi connectivity index (χ4v) is 4.46. The van der Waals surface area contributed by atoms with Crippen molar-refractivity contribution in [2.75, 3.05) is 5.32 Å². The lowest BCUT2D eigenvalue weighted by molar-refractivity contribution is 0.360. The Hall–Kier alpha value is -3.04. The van der Waals surface area contributed by atoms with Crippen molar-refractivity contribution < 1.29 is 0 Å². The molecular weight excluding hydrogens is 517 g/mol. The van der Waals surface area contributed by atoms with Gasteiger partial charge in [-0.3, -0.25) is 0 Å². The molecule has 5 rings (SSSR count). The summed E-state index contributed by atoms with van der Waals surface area (Å²) in [5, 5.41) is 13.2. The average molecular weight is 535 g/mol. The Labute approximate surface area is 198 Å². The lowest BCUT2D eigenvalue weighted by atomic mass is 10.1. The number of hydrogen-bond donors (Lipinski definition) is 1. The first-order valence-electron chi connectivity index (χ1n) is 9.76. The molecule has 0 fully saturated rings. The third kappa shape index (κ3) is 4.38. The lowest BCUT2D eigenvalue weighted by Crippen LogP contribution is -2.38. The number of fused-ring (bicyclic) bond motifs is 1. The number of aliphatic imine (C=N–C) groups is 1. The van der Waals surface area contributed by atoms with Crippen LogP contribution in [-0.4, -0.2) is 22.0 Å². The van der Waals surface area contributed by atoms with E-state index in [4.69, 9.17) is 10.1 Å². The van der Waals surface area contributed by atoms with E-state index in [1.807, 2.05) is 65.1 Å². The molecule has 1 aliphatic heterocycles. The first-order valence-corrected chi connectivity index (χ1v) is 11.7. The summed E-state index contributed by atoms with van der Waals surface area (Å²) in [5.41, 5.74) is 4.02. The third-order valence-corrected chi connectivity index (χ3v) is 6.20. The number of nitrogens with one attached hydrogen (secondary N) is 1. The highest BCUT2D eigenvalue weighted by molar-refractivity contribution is 14.1. The predicted molar refractivity (Wildman–Crippen MR) is 136 cm³/mol. The minimum Gasteiger partial charge on any atom is -0.336 e. The molecule has 0 aliphatic carbocycles. The Bertz CT molecular complexity index is 1220. The monoisotopic (exact) mass is 535 g/mol. The van der Waals surface area contributed by atoms with Crippen molar-refractivity contribution in [1.82, 2.24) is 9.99 Å². The number of thiazole rings is 1. The normalized spacial score (nSPS) is 15.6. The molecule has 0 saturated carbocycles. The van der Waals surface area contributed by atoms with Crippen LogP contribution in [0.3, 0.4) is 0 Å². The Morgan fingerprint density at radius 3 is 2.52 bits per heavy atom. The average Bonchev–Trinajstić information content (AvgIpc) is 3.33. The van der Waals surface area contributed by atoms with E-state index in [1.54, 1.807) is 17.5 Å². The highest BCUT2D eigenvalue weighted by Crippen LogP contribution is 2.38. The van der Waals surface area contributed by atoms with Crippen LogP contribution in [0.5, 0.6) is 0 Å². The highest BCUT2D eigenvalue weighted by Gasteiger charge is 2.31. The second kappa shape index (κ2) is 8.99. The molecule has 7 heteroatoms. The Morgan fingerprint density at radius 1 is 1.00 bits per heavy atom. The van der Waals surface area contributed by atoms with Crippen LogP contribution in [0.2, 0.25) is 0 Å². The molecule has 0 saturated heterocycles. The van der Waals surface area contributed by atoms with Gasteiger partial charge in [-0.1, -0.05) is 60.7 Å². The van der Waals surface area contributed by atoms with Crippen LogP contribution in [0.25, 0.3) is 0 Å². The molecule has 1 unspecified atom stereocenters. The van der Waals surface area contributed by atoms with Crippen molar-refractivity contribution in [3.63, 3.8) is 0 Å². The van der Waals surface area contributed by atoms with Gasteiger partial charge in [0.05, 0.1) is 11.9 Å². The summed E-state index contributed by atoms with van der Waals surface area (Å²) in [7, 11) is 0. The zero-order valence-corrected chi connectivity index (χ0v) is 19.4. The summed E-state index contributed by atoms with van der Waals surface area (Å²) in [6.07, 6.45) is 3.42. The van der Waals surface area contributed by atoms with E-state index in [1.165, 1.54) is 0 Å². The summed E-state index contributed by atoms with van der Waals surface area (Å²) >= 11 is 3.90. The smallest absolute Gasteiger partial charge is 0.184 e. The van der Waals surface area contributed by atoms with Crippen LogP contribution in [0.1, 0.15) is 22.9 Å². The summed E-state index contributed by atoms with van der Waals surface area (Å²) in [5.74, 6) is 0.788. The minimum absolute atomic E-state index is 0.247. The third-order valence-electron chi connectivity index (χ3n) is 4.83. The quantitative estimate of drug-likeness (QED) is 0.242. The zero-order valence-electron chi connectivity index (χ0n) is 16.4. The van der Waals surface area contributed by atoms with E-state index in [-0.39, 0.29) is 6.17 Å². The Morgan fingerprint density at radius 2 is 1.77 bits per heavy atom. The number of benzene rings is 3. The molecule has 0 spiro atoms. The molecule has 1 N–H and O–H groups in total. The van der Waals surface area contributed by atoms with Gasteiger partial charge in [-0.2, -0.15) is 5.10 Å². The van der Waals surface area contributed by atoms with Gasteiger partial charge in [0, 0.05) is 26.3 Å². The van der Waals surface area contributed by atoms with Crippen LogP contribution in [0.4, 0.5) is 10.8 Å². The van der Waals surface area contributed by atoms with Gasteiger partial charge in [-0.05, 0) is 46.4 Å². The van der Waals surface area contributed by atoms with Crippen molar-refractivity contribution in [2.45, 2.75) is 6.17 Å². The van der Waals surface area contributed by atoms with Gasteiger partial charge in [0.1, 0.15) is 0 Å². The topological polar surface area (TPSA) is 52.9 Å². The fourth-order valence-electron chi connectivity index (χ4n) is 3.39. The van der Waals surface area contributed by atoms with Gasteiger partial charge in [0.2, 0.25) is 0 Å². The van der Waals surface area contributed by atoms with Crippen molar-refractivity contribution >= 4 is 56.8 Å². The van der Waals surface area contributed by atoms with E-state index >= 15 is 0 Å². The summed E-state index contributed by atoms with van der Waals surface area (Å²) in [4.78, 5) is 9.44. The summed E-state index contributed by atoms with van der Waals surface area (Å²) in [6, 6.07) is 26.5. The Kier molecular flexibility index (Phi) is 5.77. The van der Waals surface area contributed by atoms with E-state index in [9.17, 15) is 0 Å². The van der Waals surface area contributed by atoms with Crippen LogP contribution in [0.15, 0.2) is 101 Å². The lowest BCUT2D eigenvalue weighted by Gasteiger charge is -2.35. The van der Waals surface area contributed by atoms with Crippen LogP contribution >= 0.6 is 33.9 Å². The maximum Gasteiger partial charge on any atom is 0.184 e. The van der Waals surface area contributed by atoms with E-state index < -0.39 is 0 Å². The first-order chi connectivity index (χ1) is 15.3. The summed E-state index contributed by atoms with van der Waals surface area (Å²) < 4.78 is 1.15. The van der Waals surface area contributed by atoms with Crippen LogP contribution in [-0.2, 0) is 0 Å². The van der Waals surface area contributed by atoms with Crippen LogP contribution in [0, 0.1) is 3.57 Å². The molecule has 31 heavy (non-hydrogen) atoms. The number of amidine groups is 1. The number of halogens is 1.